The van der Waals surface area contributed by atoms with Gasteiger partial charge in [-0.05, 0) is 45.4 Å². The number of hydrogen-bond donors (Lipinski definition) is 1. The second-order valence-electron chi connectivity index (χ2n) is 3.22. The zero-order chi connectivity index (χ0) is 12.8. The van der Waals surface area contributed by atoms with Crippen LogP contribution in [0.25, 0.3) is 0 Å². The Kier molecular flexibility index (Phi) is 6.76. The lowest BCUT2D eigenvalue weighted by molar-refractivity contribution is -0.283. The summed E-state index contributed by atoms with van der Waals surface area (Å²) >= 11 is 1.86. The quantitative estimate of drug-likeness (QED) is 0.561. The summed E-state index contributed by atoms with van der Waals surface area (Å²) in [7, 11) is 0. The normalized spacial score (nSPS) is 14.3. The van der Waals surface area contributed by atoms with E-state index >= 15 is 0 Å². The van der Waals surface area contributed by atoms with E-state index in [1.54, 1.807) is 0 Å². The molecule has 0 aliphatic carbocycles. The first-order chi connectivity index (χ1) is 7.20. The molecule has 0 spiro atoms. The molecule has 0 heterocycles. The standard InChI is InChI=1S/C9H12F5IO/c10-8(11,9(12,13)14)5-1-3-7(15)4-2-6-16/h3,16H,1-2,4-6H2/b7-3-. The summed E-state index contributed by atoms with van der Waals surface area (Å²) in [5.41, 5.74) is 0. The summed E-state index contributed by atoms with van der Waals surface area (Å²) < 4.78 is 60.8. The molecule has 0 aromatic carbocycles. The lowest BCUT2D eigenvalue weighted by atomic mass is 10.1. The summed E-state index contributed by atoms with van der Waals surface area (Å²) in [5, 5.41) is 8.48. The monoisotopic (exact) mass is 358 g/mol. The smallest absolute Gasteiger partial charge is 0.396 e. The Balaban J connectivity index is 4.06. The fourth-order valence-corrected chi connectivity index (χ4v) is 1.59. The summed E-state index contributed by atoms with van der Waals surface area (Å²) in [6.45, 7) is -0.0287. The highest BCUT2D eigenvalue weighted by atomic mass is 127. The Morgan fingerprint density at radius 1 is 1.19 bits per heavy atom. The molecule has 0 amide bonds. The zero-order valence-electron chi connectivity index (χ0n) is 8.33. The van der Waals surface area contributed by atoms with Gasteiger partial charge in [0.15, 0.2) is 0 Å². The predicted octanol–water partition coefficient (Wildman–Crippen LogP) is 4.06. The van der Waals surface area contributed by atoms with Gasteiger partial charge >= 0.3 is 12.1 Å². The SMILES string of the molecule is OCCC/C(I)=C/CCC(F)(F)C(F)(F)F. The maximum atomic E-state index is 12.4. The van der Waals surface area contributed by atoms with Gasteiger partial charge in [-0.1, -0.05) is 6.08 Å². The second-order valence-corrected chi connectivity index (χ2v) is 4.60. The first-order valence-corrected chi connectivity index (χ1v) is 5.68. The fourth-order valence-electron chi connectivity index (χ4n) is 0.902. The Bertz CT molecular complexity index is 237. The van der Waals surface area contributed by atoms with Crippen molar-refractivity contribution in [1.29, 1.82) is 0 Å². The van der Waals surface area contributed by atoms with Crippen molar-refractivity contribution in [3.05, 3.63) is 9.66 Å². The molecule has 0 saturated carbocycles. The summed E-state index contributed by atoms with van der Waals surface area (Å²) in [5.74, 6) is -4.63. The van der Waals surface area contributed by atoms with Crippen molar-refractivity contribution >= 4 is 22.6 Å². The average Bonchev–Trinajstić information content (AvgIpc) is 2.12. The van der Waals surface area contributed by atoms with Crippen LogP contribution >= 0.6 is 22.6 Å². The van der Waals surface area contributed by atoms with E-state index in [1.165, 1.54) is 6.08 Å². The molecule has 0 fully saturated rings. The lowest BCUT2D eigenvalue weighted by Crippen LogP contribution is -2.35. The number of allylic oxidation sites excluding steroid dienone is 2. The van der Waals surface area contributed by atoms with E-state index in [0.29, 0.717) is 16.4 Å². The van der Waals surface area contributed by atoms with Crippen molar-refractivity contribution in [2.75, 3.05) is 6.61 Å². The van der Waals surface area contributed by atoms with E-state index in [1.807, 2.05) is 22.6 Å². The van der Waals surface area contributed by atoms with Crippen LogP contribution in [0.4, 0.5) is 22.0 Å². The molecule has 0 bridgehead atoms. The van der Waals surface area contributed by atoms with Gasteiger partial charge in [0.2, 0.25) is 0 Å². The molecule has 0 rings (SSSR count). The molecule has 0 aliphatic rings. The third-order valence-electron chi connectivity index (χ3n) is 1.81. The van der Waals surface area contributed by atoms with Crippen LogP contribution in [0.5, 0.6) is 0 Å². The van der Waals surface area contributed by atoms with E-state index in [4.69, 9.17) is 5.11 Å². The first kappa shape index (κ1) is 16.1. The molecule has 16 heavy (non-hydrogen) atoms. The van der Waals surface area contributed by atoms with E-state index in [2.05, 4.69) is 0 Å². The van der Waals surface area contributed by atoms with E-state index in [9.17, 15) is 22.0 Å². The van der Waals surface area contributed by atoms with Crippen molar-refractivity contribution in [3.63, 3.8) is 0 Å². The molecule has 0 aliphatic heterocycles. The van der Waals surface area contributed by atoms with Gasteiger partial charge in [0.25, 0.3) is 0 Å². The van der Waals surface area contributed by atoms with E-state index in [0.717, 1.165) is 0 Å². The van der Waals surface area contributed by atoms with Gasteiger partial charge in [-0.3, -0.25) is 0 Å². The van der Waals surface area contributed by atoms with Crippen LogP contribution in [0.2, 0.25) is 0 Å². The first-order valence-electron chi connectivity index (χ1n) is 4.60. The van der Waals surface area contributed by atoms with Crippen molar-refractivity contribution in [2.24, 2.45) is 0 Å². The minimum Gasteiger partial charge on any atom is -0.396 e. The highest BCUT2D eigenvalue weighted by Crippen LogP contribution is 2.39. The summed E-state index contributed by atoms with van der Waals surface area (Å²) in [6.07, 6.45) is -4.72. The van der Waals surface area contributed by atoms with Crippen LogP contribution in [-0.2, 0) is 0 Å². The molecule has 0 saturated heterocycles. The minimum atomic E-state index is -5.47. The van der Waals surface area contributed by atoms with Gasteiger partial charge in [-0.15, -0.1) is 0 Å². The van der Waals surface area contributed by atoms with Crippen LogP contribution in [0.15, 0.2) is 9.66 Å². The maximum absolute atomic E-state index is 12.4. The molecule has 1 N–H and O–H groups in total. The Morgan fingerprint density at radius 2 is 1.75 bits per heavy atom. The minimum absolute atomic E-state index is 0.0287. The zero-order valence-corrected chi connectivity index (χ0v) is 10.5. The van der Waals surface area contributed by atoms with Crippen molar-refractivity contribution < 1.29 is 27.1 Å². The number of rotatable bonds is 6. The molecule has 0 radical (unpaired) electrons. The van der Waals surface area contributed by atoms with Gasteiger partial charge in [0.05, 0.1) is 0 Å². The van der Waals surface area contributed by atoms with Gasteiger partial charge in [-0.2, -0.15) is 22.0 Å². The molecular formula is C9H12F5IO. The molecule has 0 aromatic rings. The summed E-state index contributed by atoms with van der Waals surface area (Å²) in [6, 6.07) is 0. The summed E-state index contributed by atoms with van der Waals surface area (Å²) in [4.78, 5) is 0. The number of alkyl halides is 5. The van der Waals surface area contributed by atoms with Crippen LogP contribution in [-0.4, -0.2) is 23.8 Å². The van der Waals surface area contributed by atoms with E-state index < -0.39 is 18.5 Å². The lowest BCUT2D eigenvalue weighted by Gasteiger charge is -2.18. The van der Waals surface area contributed by atoms with Gasteiger partial charge in [0.1, 0.15) is 0 Å². The molecular weight excluding hydrogens is 346 g/mol. The fraction of sp³-hybridized carbons (Fsp3) is 0.778. The molecule has 0 aromatic heterocycles. The van der Waals surface area contributed by atoms with Crippen molar-refractivity contribution in [2.45, 2.75) is 37.8 Å². The number of halogens is 6. The number of hydrogen-bond acceptors (Lipinski definition) is 1. The molecule has 7 heteroatoms. The Hall–Kier alpha value is 0.0800. The number of aliphatic hydroxyl groups is 1. The molecule has 1 nitrogen and oxygen atoms in total. The van der Waals surface area contributed by atoms with E-state index in [-0.39, 0.29) is 13.0 Å². The van der Waals surface area contributed by atoms with Gasteiger partial charge in [-0.25, -0.2) is 0 Å². The molecule has 0 atom stereocenters. The van der Waals surface area contributed by atoms with Crippen LogP contribution in [0, 0.1) is 0 Å². The topological polar surface area (TPSA) is 20.2 Å². The Labute approximate surface area is 104 Å². The van der Waals surface area contributed by atoms with Crippen LogP contribution in [0.1, 0.15) is 25.7 Å². The third kappa shape index (κ3) is 5.97. The molecule has 0 unspecified atom stereocenters. The van der Waals surface area contributed by atoms with Crippen molar-refractivity contribution in [3.8, 4) is 0 Å². The largest absolute Gasteiger partial charge is 0.453 e. The second kappa shape index (κ2) is 6.73. The van der Waals surface area contributed by atoms with Crippen molar-refractivity contribution in [1.82, 2.24) is 0 Å². The average molecular weight is 358 g/mol. The van der Waals surface area contributed by atoms with Gasteiger partial charge < -0.3 is 5.11 Å². The maximum Gasteiger partial charge on any atom is 0.453 e. The number of aliphatic hydroxyl groups excluding tert-OH is 1. The van der Waals surface area contributed by atoms with Gasteiger partial charge in [0, 0.05) is 13.0 Å². The predicted molar refractivity (Wildman–Crippen MR) is 58.7 cm³/mol. The highest BCUT2D eigenvalue weighted by molar-refractivity contribution is 14.1. The van der Waals surface area contributed by atoms with Crippen LogP contribution < -0.4 is 0 Å². The third-order valence-corrected chi connectivity index (χ3v) is 2.79. The Morgan fingerprint density at radius 3 is 2.19 bits per heavy atom. The van der Waals surface area contributed by atoms with Crippen LogP contribution in [0.3, 0.4) is 0 Å². The highest BCUT2D eigenvalue weighted by Gasteiger charge is 2.56. The molecule has 96 valence electrons.